The third-order valence-corrected chi connectivity index (χ3v) is 8.10. The number of nitrogens with zero attached hydrogens (tertiary/aromatic N) is 1. The predicted octanol–water partition coefficient (Wildman–Crippen LogP) is 4.67. The van der Waals surface area contributed by atoms with Gasteiger partial charge in [0.25, 0.3) is 0 Å². The van der Waals surface area contributed by atoms with Gasteiger partial charge in [0.2, 0.25) is 15.9 Å². The number of halogens is 3. The van der Waals surface area contributed by atoms with E-state index < -0.39 is 33.7 Å². The van der Waals surface area contributed by atoms with Crippen LogP contribution in [0.5, 0.6) is 11.5 Å². The standard InChI is InChI=1S/C26H25F3N2O5S/c1-35-20-10-7-17(8-11-20)16-31-22(14-25(32)30-15-18-5-3-4-6-23(18)36-2)21-13-19(26(27,28)29)9-12-24(21)37(31,33)34/h3-13,22H,14-16H2,1-2H3,(H,30,32)/t22-/m0/s1. The van der Waals surface area contributed by atoms with Gasteiger partial charge in [-0.1, -0.05) is 30.3 Å². The van der Waals surface area contributed by atoms with Gasteiger partial charge in [-0.05, 0) is 47.5 Å². The lowest BCUT2D eigenvalue weighted by molar-refractivity contribution is -0.137. The van der Waals surface area contributed by atoms with Gasteiger partial charge < -0.3 is 14.8 Å². The maximum Gasteiger partial charge on any atom is 0.416 e. The maximum absolute atomic E-state index is 13.5. The number of amides is 1. The molecule has 3 aromatic rings. The summed E-state index contributed by atoms with van der Waals surface area (Å²) in [4.78, 5) is 12.7. The minimum atomic E-state index is -4.67. The third-order valence-electron chi connectivity index (χ3n) is 6.18. The minimum Gasteiger partial charge on any atom is -0.497 e. The molecular formula is C26H25F3N2O5S. The highest BCUT2D eigenvalue weighted by Gasteiger charge is 2.45. The van der Waals surface area contributed by atoms with Crippen LogP contribution in [0, 0.1) is 0 Å². The van der Waals surface area contributed by atoms with Gasteiger partial charge in [0.15, 0.2) is 0 Å². The van der Waals surface area contributed by atoms with Crippen LogP contribution in [-0.4, -0.2) is 32.8 Å². The summed E-state index contributed by atoms with van der Waals surface area (Å²) >= 11 is 0. The number of methoxy groups -OCH3 is 2. The Morgan fingerprint density at radius 2 is 1.70 bits per heavy atom. The molecule has 0 saturated heterocycles. The van der Waals surface area contributed by atoms with Crippen molar-refractivity contribution < 1.29 is 35.9 Å². The van der Waals surface area contributed by atoms with Crippen LogP contribution in [0.1, 0.15) is 34.7 Å². The van der Waals surface area contributed by atoms with Crippen LogP contribution in [-0.2, 0) is 34.1 Å². The molecule has 196 valence electrons. The molecule has 0 radical (unpaired) electrons. The van der Waals surface area contributed by atoms with Crippen molar-refractivity contribution in [3.63, 3.8) is 0 Å². The molecule has 11 heteroatoms. The summed E-state index contributed by atoms with van der Waals surface area (Å²) in [7, 11) is -1.17. The van der Waals surface area contributed by atoms with Crippen LogP contribution in [0.3, 0.4) is 0 Å². The summed E-state index contributed by atoms with van der Waals surface area (Å²) in [6.07, 6.45) is -5.03. The average molecular weight is 535 g/mol. The zero-order valence-corrected chi connectivity index (χ0v) is 20.9. The quantitative estimate of drug-likeness (QED) is 0.454. The largest absolute Gasteiger partial charge is 0.497 e. The summed E-state index contributed by atoms with van der Waals surface area (Å²) in [6, 6.07) is 15.1. The molecule has 0 fully saturated rings. The van der Waals surface area contributed by atoms with Crippen molar-refractivity contribution in [2.45, 2.75) is 36.6 Å². The molecule has 0 saturated carbocycles. The van der Waals surface area contributed by atoms with Crippen molar-refractivity contribution in [2.75, 3.05) is 14.2 Å². The van der Waals surface area contributed by atoms with Crippen molar-refractivity contribution in [3.05, 3.63) is 89.0 Å². The lowest BCUT2D eigenvalue weighted by Gasteiger charge is -2.24. The van der Waals surface area contributed by atoms with E-state index >= 15 is 0 Å². The van der Waals surface area contributed by atoms with Gasteiger partial charge in [-0.3, -0.25) is 4.79 Å². The Hall–Kier alpha value is -3.57. The number of rotatable bonds is 8. The third kappa shape index (κ3) is 5.57. The number of carbonyl (C=O) groups is 1. The first-order chi connectivity index (χ1) is 17.5. The zero-order chi connectivity index (χ0) is 26.8. The van der Waals surface area contributed by atoms with Gasteiger partial charge >= 0.3 is 6.18 Å². The van der Waals surface area contributed by atoms with Gasteiger partial charge in [-0.15, -0.1) is 0 Å². The number of sulfonamides is 1. The molecule has 4 rings (SSSR count). The first kappa shape index (κ1) is 26.5. The van der Waals surface area contributed by atoms with Crippen molar-refractivity contribution in [3.8, 4) is 11.5 Å². The van der Waals surface area contributed by atoms with Gasteiger partial charge in [0.1, 0.15) is 11.5 Å². The molecule has 1 heterocycles. The maximum atomic E-state index is 13.5. The van der Waals surface area contributed by atoms with Crippen LogP contribution < -0.4 is 14.8 Å². The second-order valence-corrected chi connectivity index (χ2v) is 10.3. The van der Waals surface area contributed by atoms with E-state index in [0.717, 1.165) is 22.5 Å². The lowest BCUT2D eigenvalue weighted by atomic mass is 10.00. The number of ether oxygens (including phenoxy) is 2. The molecule has 37 heavy (non-hydrogen) atoms. The average Bonchev–Trinajstić information content (AvgIpc) is 3.08. The number of hydrogen-bond donors (Lipinski definition) is 1. The van der Waals surface area contributed by atoms with Gasteiger partial charge in [0.05, 0.1) is 30.7 Å². The summed E-state index contributed by atoms with van der Waals surface area (Å²) in [6.45, 7) is -0.0247. The number of alkyl halides is 3. The number of carbonyl (C=O) groups excluding carboxylic acids is 1. The Labute approximate surface area is 212 Å². The Kier molecular flexibility index (Phi) is 7.47. The van der Waals surface area contributed by atoms with Crippen LogP contribution in [0.4, 0.5) is 13.2 Å². The van der Waals surface area contributed by atoms with E-state index in [9.17, 15) is 26.4 Å². The lowest BCUT2D eigenvalue weighted by Crippen LogP contribution is -2.32. The smallest absolute Gasteiger partial charge is 0.416 e. The fourth-order valence-electron chi connectivity index (χ4n) is 4.28. The molecule has 3 aromatic carbocycles. The van der Waals surface area contributed by atoms with E-state index in [-0.39, 0.29) is 30.0 Å². The molecular weight excluding hydrogens is 509 g/mol. The zero-order valence-electron chi connectivity index (χ0n) is 20.1. The molecule has 1 N–H and O–H groups in total. The van der Waals surface area contributed by atoms with Crippen molar-refractivity contribution in [2.24, 2.45) is 0 Å². The monoisotopic (exact) mass is 534 g/mol. The van der Waals surface area contributed by atoms with E-state index in [1.54, 1.807) is 48.5 Å². The first-order valence-electron chi connectivity index (χ1n) is 11.3. The number of hydrogen-bond acceptors (Lipinski definition) is 5. The normalized spacial score (nSPS) is 16.7. The Balaban J connectivity index is 1.65. The van der Waals surface area contributed by atoms with Crippen LogP contribution >= 0.6 is 0 Å². The summed E-state index contributed by atoms with van der Waals surface area (Å²) in [5, 5.41) is 2.72. The first-order valence-corrected chi connectivity index (χ1v) is 12.7. The molecule has 0 spiro atoms. The molecule has 0 aromatic heterocycles. The van der Waals surface area contributed by atoms with E-state index in [1.165, 1.54) is 14.2 Å². The molecule has 0 aliphatic carbocycles. The molecule has 1 aliphatic rings. The van der Waals surface area contributed by atoms with E-state index in [4.69, 9.17) is 9.47 Å². The molecule has 7 nitrogen and oxygen atoms in total. The molecule has 1 amide bonds. The van der Waals surface area contributed by atoms with Gasteiger partial charge in [-0.2, -0.15) is 17.5 Å². The van der Waals surface area contributed by atoms with Crippen molar-refractivity contribution in [1.29, 1.82) is 0 Å². The topological polar surface area (TPSA) is 84.9 Å². The fourth-order valence-corrected chi connectivity index (χ4v) is 6.11. The second kappa shape index (κ2) is 10.4. The van der Waals surface area contributed by atoms with Crippen LogP contribution in [0.2, 0.25) is 0 Å². The highest BCUT2D eigenvalue weighted by Crippen LogP contribution is 2.44. The number of benzene rings is 3. The predicted molar refractivity (Wildman–Crippen MR) is 129 cm³/mol. The van der Waals surface area contributed by atoms with Gasteiger partial charge in [0, 0.05) is 25.1 Å². The van der Waals surface area contributed by atoms with Crippen molar-refractivity contribution >= 4 is 15.9 Å². The minimum absolute atomic E-state index is 0.0595. The molecule has 1 atom stereocenters. The summed E-state index contributed by atoms with van der Waals surface area (Å²) < 4.78 is 78.7. The SMILES string of the molecule is COc1ccc(CN2[C@@H](CC(=O)NCc3ccccc3OC)c3cc(C(F)(F)F)ccc3S2(=O)=O)cc1. The van der Waals surface area contributed by atoms with Gasteiger partial charge in [-0.25, -0.2) is 8.42 Å². The summed E-state index contributed by atoms with van der Waals surface area (Å²) in [5.41, 5.74) is 0.253. The molecule has 1 aliphatic heterocycles. The fraction of sp³-hybridized carbons (Fsp3) is 0.269. The van der Waals surface area contributed by atoms with Crippen LogP contribution in [0.15, 0.2) is 71.6 Å². The second-order valence-electron chi connectivity index (χ2n) is 8.46. The highest BCUT2D eigenvalue weighted by molar-refractivity contribution is 7.89. The summed E-state index contributed by atoms with van der Waals surface area (Å²) in [5.74, 6) is 0.613. The van der Waals surface area contributed by atoms with E-state index in [1.807, 2.05) is 0 Å². The Bertz CT molecular complexity index is 1390. The van der Waals surface area contributed by atoms with Crippen molar-refractivity contribution in [1.82, 2.24) is 9.62 Å². The number of fused-ring (bicyclic) bond motifs is 1. The van der Waals surface area contributed by atoms with Crippen LogP contribution in [0.25, 0.3) is 0 Å². The number of nitrogens with one attached hydrogen (secondary N) is 1. The Morgan fingerprint density at radius 1 is 1.00 bits per heavy atom. The molecule has 0 unspecified atom stereocenters. The Morgan fingerprint density at radius 3 is 2.35 bits per heavy atom. The van der Waals surface area contributed by atoms with E-state index in [2.05, 4.69) is 5.32 Å². The highest BCUT2D eigenvalue weighted by atomic mass is 32.2. The molecule has 0 bridgehead atoms. The number of para-hydroxylation sites is 1. The van der Waals surface area contributed by atoms with E-state index in [0.29, 0.717) is 22.6 Å².